The molecule has 4 aromatic carbocycles. The number of nitrogens with zero attached hydrogens (tertiary/aromatic N) is 7. The SMILES string of the molecule is C#Cc1c(F)ccc2cc(O)cc(-c3ncc4c(N5CC6CCC(C5)N6)nc(OCCN5CCC(C)(COc6cc([C@H](C(=O)N7C[C@H](O)C[C@H]7C(=O)N[C@@H](C)c7ccc(-c8c(F)cccc8F)cc7)C(C)C)on6)CC5)nc4c3F)c12. The number of piperidine rings is 1. The van der Waals surface area contributed by atoms with Crippen LogP contribution in [0.4, 0.5) is 23.4 Å². The molecule has 4 aliphatic rings. The number of rotatable bonds is 16. The number of terminal acetylenes is 1. The molecule has 4 N–H and O–H groups in total. The molecule has 2 bridgehead atoms. The number of nitrogens with one attached hydrogen (secondary N) is 2. The van der Waals surface area contributed by atoms with Crippen molar-refractivity contribution in [3.63, 3.8) is 0 Å². The molecule has 16 nitrogen and oxygen atoms in total. The van der Waals surface area contributed by atoms with Crippen LogP contribution in [0.3, 0.4) is 0 Å². The number of hydrogen-bond donors (Lipinski definition) is 4. The molecule has 0 saturated carbocycles. The molecule has 0 radical (unpaired) electrons. The lowest BCUT2D eigenvalue weighted by Gasteiger charge is -2.38. The van der Waals surface area contributed by atoms with Crippen LogP contribution >= 0.6 is 0 Å². The van der Waals surface area contributed by atoms with Gasteiger partial charge in [0.15, 0.2) is 11.6 Å². The summed E-state index contributed by atoms with van der Waals surface area (Å²) in [5.74, 6) is -1.58. The molecule has 0 spiro atoms. The molecule has 20 heteroatoms. The Morgan fingerprint density at radius 3 is 2.37 bits per heavy atom. The third-order valence-corrected chi connectivity index (χ3v) is 16.5. The zero-order valence-electron chi connectivity index (χ0n) is 45.4. The predicted octanol–water partition coefficient (Wildman–Crippen LogP) is 8.82. The zero-order valence-corrected chi connectivity index (χ0v) is 45.4. The summed E-state index contributed by atoms with van der Waals surface area (Å²) in [5, 5.41) is 33.3. The first-order valence-corrected chi connectivity index (χ1v) is 27.5. The predicted molar refractivity (Wildman–Crippen MR) is 295 cm³/mol. The lowest BCUT2D eigenvalue weighted by Crippen LogP contribution is -2.51. The van der Waals surface area contributed by atoms with E-state index in [2.05, 4.69) is 48.4 Å². The van der Waals surface area contributed by atoms with Gasteiger partial charge in [0.2, 0.25) is 11.8 Å². The van der Waals surface area contributed by atoms with E-state index >= 15 is 8.78 Å². The third kappa shape index (κ3) is 11.2. The van der Waals surface area contributed by atoms with Crippen molar-refractivity contribution >= 4 is 39.3 Å². The summed E-state index contributed by atoms with van der Waals surface area (Å²) in [7, 11) is 0. The fourth-order valence-electron chi connectivity index (χ4n) is 12.0. The number of pyridine rings is 1. The van der Waals surface area contributed by atoms with Crippen LogP contribution in [-0.4, -0.2) is 129 Å². The van der Waals surface area contributed by atoms with E-state index in [0.29, 0.717) is 54.0 Å². The van der Waals surface area contributed by atoms with Crippen molar-refractivity contribution in [2.75, 3.05) is 57.4 Å². The normalized spacial score (nSPS) is 20.7. The number of phenolic OH excluding ortho intramolecular Hbond substituents is 1. The monoisotopic (exact) mass is 1110 g/mol. The van der Waals surface area contributed by atoms with Crippen molar-refractivity contribution in [2.24, 2.45) is 11.3 Å². The molecule has 81 heavy (non-hydrogen) atoms. The van der Waals surface area contributed by atoms with E-state index < -0.39 is 59.2 Å². The van der Waals surface area contributed by atoms with Crippen molar-refractivity contribution in [3.05, 3.63) is 119 Å². The highest BCUT2D eigenvalue weighted by Gasteiger charge is 2.44. The molecule has 7 aromatic rings. The number of β-amino-alcohol motifs (C(OH)–C–C–N with tert-alkyl or cyclic N) is 1. The largest absolute Gasteiger partial charge is 0.508 e. The Balaban J connectivity index is 0.713. The van der Waals surface area contributed by atoms with Crippen LogP contribution in [0.5, 0.6) is 17.6 Å². The molecule has 7 heterocycles. The van der Waals surface area contributed by atoms with Crippen molar-refractivity contribution in [1.29, 1.82) is 0 Å². The number of ether oxygens (including phenoxy) is 2. The topological polar surface area (TPSA) is 192 Å². The van der Waals surface area contributed by atoms with Gasteiger partial charge in [-0.25, -0.2) is 17.6 Å². The minimum Gasteiger partial charge on any atom is -0.508 e. The number of aliphatic hydroxyl groups excluding tert-OH is 1. The fourth-order valence-corrected chi connectivity index (χ4v) is 12.0. The number of phenols is 1. The molecule has 422 valence electrons. The molecule has 6 atom stereocenters. The van der Waals surface area contributed by atoms with Crippen LogP contribution in [0.2, 0.25) is 0 Å². The number of likely N-dealkylation sites (tertiary alicyclic amines) is 2. The van der Waals surface area contributed by atoms with E-state index in [4.69, 9.17) is 25.4 Å². The molecular formula is C61H63F4N9O7. The van der Waals surface area contributed by atoms with Gasteiger partial charge >= 0.3 is 6.01 Å². The Bertz CT molecular complexity index is 3540. The first-order valence-electron chi connectivity index (χ1n) is 27.5. The Hall–Kier alpha value is -7.86. The first kappa shape index (κ1) is 55.1. The van der Waals surface area contributed by atoms with E-state index in [-0.39, 0.29) is 99.7 Å². The molecule has 3 aromatic heterocycles. The van der Waals surface area contributed by atoms with Crippen LogP contribution in [0.1, 0.15) is 88.6 Å². The number of anilines is 1. The third-order valence-electron chi connectivity index (χ3n) is 16.5. The van der Waals surface area contributed by atoms with Crippen LogP contribution in [0.15, 0.2) is 83.5 Å². The Kier molecular flexibility index (Phi) is 15.4. The number of halogens is 4. The average molecular weight is 1110 g/mol. The quantitative estimate of drug-likeness (QED) is 0.0530. The number of amides is 2. The maximum atomic E-state index is 17.1. The van der Waals surface area contributed by atoms with Crippen molar-refractivity contribution in [3.8, 4) is 52.4 Å². The van der Waals surface area contributed by atoms with Gasteiger partial charge in [-0.05, 0) is 104 Å². The maximum absolute atomic E-state index is 17.1. The standard InChI is InChI=1S/C61H63F4N9O7/c1-6-42-45(62)17-14-37-24-40(75)25-43(52(37)42)55-54(65)56-44(28-66-55)57(73-29-38-15-16-39(30-73)68-38)70-60(69-56)79-23-22-72-20-18-61(5,19-21-72)32-80-50-27-49(81-71-50)51(33(2)3)59(78)74-31-41(76)26-48(74)58(77)67-34(4)35-10-12-36(13-11-35)53-46(63)8-7-9-47(53)64/h1,7-14,17,24-25,27-28,33-34,38-39,41,48,51,68,75-76H,15-16,18-23,26,29-32H2,2-5H3,(H,67,77)/t34-,38?,39?,41+,48-,51+/m0/s1. The highest BCUT2D eigenvalue weighted by Crippen LogP contribution is 2.41. The summed E-state index contributed by atoms with van der Waals surface area (Å²) >= 11 is 0. The summed E-state index contributed by atoms with van der Waals surface area (Å²) in [4.78, 5) is 48.0. The maximum Gasteiger partial charge on any atom is 0.319 e. The van der Waals surface area contributed by atoms with E-state index in [9.17, 15) is 28.6 Å². The van der Waals surface area contributed by atoms with E-state index in [1.165, 1.54) is 53.6 Å². The first-order chi connectivity index (χ1) is 38.9. The fraction of sp³-hybridized carbons (Fsp3) is 0.410. The number of piperazine rings is 1. The minimum atomic E-state index is -0.967. The Morgan fingerprint density at radius 2 is 1.67 bits per heavy atom. The summed E-state index contributed by atoms with van der Waals surface area (Å²) in [6.07, 6.45) is 9.95. The number of benzene rings is 4. The van der Waals surface area contributed by atoms with Gasteiger partial charge in [-0.15, -0.1) is 6.42 Å². The van der Waals surface area contributed by atoms with E-state index in [1.54, 1.807) is 37.3 Å². The molecular weight excluding hydrogens is 1050 g/mol. The van der Waals surface area contributed by atoms with Crippen LogP contribution in [0, 0.1) is 46.9 Å². The number of aliphatic hydroxyl groups is 1. The van der Waals surface area contributed by atoms with E-state index in [1.807, 2.05) is 13.8 Å². The molecule has 4 aliphatic heterocycles. The zero-order chi connectivity index (χ0) is 56.9. The highest BCUT2D eigenvalue weighted by atomic mass is 19.1. The van der Waals surface area contributed by atoms with Gasteiger partial charge in [-0.3, -0.25) is 19.5 Å². The number of carbonyl (C=O) groups is 2. The van der Waals surface area contributed by atoms with Gasteiger partial charge in [-0.2, -0.15) is 9.97 Å². The van der Waals surface area contributed by atoms with Gasteiger partial charge in [-0.1, -0.05) is 63.1 Å². The molecule has 2 amide bonds. The van der Waals surface area contributed by atoms with E-state index in [0.717, 1.165) is 38.8 Å². The van der Waals surface area contributed by atoms with Crippen molar-refractivity contribution in [2.45, 2.75) is 96.0 Å². The van der Waals surface area contributed by atoms with Crippen molar-refractivity contribution in [1.82, 2.24) is 40.5 Å². The number of fused-ring (bicyclic) bond motifs is 4. The molecule has 4 saturated heterocycles. The number of aromatic hydroxyl groups is 1. The van der Waals surface area contributed by atoms with Gasteiger partial charge in [0.05, 0.1) is 35.3 Å². The highest BCUT2D eigenvalue weighted by molar-refractivity contribution is 6.03. The molecule has 11 rings (SSSR count). The minimum absolute atomic E-state index is 0.00333. The van der Waals surface area contributed by atoms with Gasteiger partial charge in [0.25, 0.3) is 5.88 Å². The summed E-state index contributed by atoms with van der Waals surface area (Å²) in [6, 6.07) is 16.3. The smallest absolute Gasteiger partial charge is 0.319 e. The number of aromatic nitrogens is 4. The van der Waals surface area contributed by atoms with Crippen LogP contribution in [0.25, 0.3) is 44.1 Å². The Morgan fingerprint density at radius 1 is 0.938 bits per heavy atom. The van der Waals surface area contributed by atoms with Gasteiger partial charge < -0.3 is 44.6 Å². The number of hydrogen-bond acceptors (Lipinski definition) is 14. The lowest BCUT2D eigenvalue weighted by atomic mass is 9.81. The summed E-state index contributed by atoms with van der Waals surface area (Å²) in [5.41, 5.74) is 0.511. The second kappa shape index (κ2) is 22.6. The summed E-state index contributed by atoms with van der Waals surface area (Å²) < 4.78 is 79.3. The van der Waals surface area contributed by atoms with Crippen LogP contribution < -0.4 is 25.0 Å². The number of carbonyl (C=O) groups excluding carboxylic acids is 2. The van der Waals surface area contributed by atoms with Crippen molar-refractivity contribution < 1.29 is 51.4 Å². The Labute approximate surface area is 465 Å². The molecule has 0 aliphatic carbocycles. The average Bonchev–Trinajstić information content (AvgIpc) is 4.24. The van der Waals surface area contributed by atoms with Gasteiger partial charge in [0.1, 0.15) is 58.8 Å². The van der Waals surface area contributed by atoms with Crippen LogP contribution in [-0.2, 0) is 9.59 Å². The molecule has 2 unspecified atom stereocenters. The second-order valence-electron chi connectivity index (χ2n) is 22.6. The lowest BCUT2D eigenvalue weighted by molar-refractivity contribution is -0.141. The summed E-state index contributed by atoms with van der Waals surface area (Å²) in [6.45, 7) is 11.4. The van der Waals surface area contributed by atoms with Gasteiger partial charge in [0, 0.05) is 73.3 Å². The molecule has 4 fully saturated rings. The second-order valence-corrected chi connectivity index (χ2v) is 22.6.